The molecule has 0 aromatic heterocycles. The third-order valence-electron chi connectivity index (χ3n) is 1.61. The van der Waals surface area contributed by atoms with Crippen LogP contribution in [0.1, 0.15) is 19.8 Å². The zero-order valence-electron chi connectivity index (χ0n) is 9.26. The topological polar surface area (TPSA) is 47.6 Å². The van der Waals surface area contributed by atoms with Crippen molar-refractivity contribution in [2.45, 2.75) is 19.8 Å². The van der Waals surface area contributed by atoms with Gasteiger partial charge in [-0.1, -0.05) is 6.92 Å². The zero-order chi connectivity index (χ0) is 11.4. The molecule has 0 aliphatic heterocycles. The number of nitrogens with one attached hydrogen (secondary N) is 1. The number of ether oxygens (including phenoxy) is 2. The van der Waals surface area contributed by atoms with Gasteiger partial charge in [-0.15, -0.1) is 0 Å². The molecule has 4 nitrogen and oxygen atoms in total. The van der Waals surface area contributed by atoms with Gasteiger partial charge in [0.25, 0.3) is 0 Å². The van der Waals surface area contributed by atoms with Crippen molar-refractivity contribution in [1.29, 1.82) is 0 Å². The lowest BCUT2D eigenvalue weighted by Crippen LogP contribution is -2.27. The molecule has 0 atom stereocenters. The van der Waals surface area contributed by atoms with E-state index in [0.29, 0.717) is 26.4 Å². The molecule has 0 unspecified atom stereocenters. The van der Waals surface area contributed by atoms with Crippen LogP contribution in [-0.2, 0) is 14.3 Å². The van der Waals surface area contributed by atoms with E-state index in [4.69, 9.17) is 9.47 Å². The number of hydrogen-bond donors (Lipinski definition) is 1. The molecule has 0 aliphatic rings. The van der Waals surface area contributed by atoms with E-state index in [0.717, 1.165) is 13.0 Å². The van der Waals surface area contributed by atoms with Crippen LogP contribution in [0.5, 0.6) is 0 Å². The van der Waals surface area contributed by atoms with Crippen molar-refractivity contribution in [2.24, 2.45) is 0 Å². The second kappa shape index (κ2) is 11.4. The Kier molecular flexibility index (Phi) is 10.9. The Morgan fingerprint density at radius 1 is 1.20 bits per heavy atom. The van der Waals surface area contributed by atoms with Crippen LogP contribution in [0, 0.1) is 0 Å². The summed E-state index contributed by atoms with van der Waals surface area (Å²) in [6.07, 6.45) is 0.929. The van der Waals surface area contributed by atoms with E-state index in [9.17, 15) is 9.18 Å². The molecule has 0 saturated heterocycles. The van der Waals surface area contributed by atoms with E-state index in [1.165, 1.54) is 0 Å². The van der Waals surface area contributed by atoms with Gasteiger partial charge < -0.3 is 14.8 Å². The fraction of sp³-hybridized carbons (Fsp3) is 0.900. The van der Waals surface area contributed by atoms with Crippen molar-refractivity contribution in [1.82, 2.24) is 5.32 Å². The van der Waals surface area contributed by atoms with E-state index in [1.54, 1.807) is 0 Å². The number of halogens is 1. The monoisotopic (exact) mass is 221 g/mol. The van der Waals surface area contributed by atoms with Gasteiger partial charge in [0.1, 0.15) is 0 Å². The van der Waals surface area contributed by atoms with Gasteiger partial charge in [0.2, 0.25) is 5.91 Å². The normalized spacial score (nSPS) is 10.3. The minimum atomic E-state index is -0.614. The van der Waals surface area contributed by atoms with Crippen molar-refractivity contribution in [2.75, 3.05) is 39.6 Å². The van der Waals surface area contributed by atoms with Gasteiger partial charge in [-0.25, -0.2) is 0 Å². The first-order chi connectivity index (χ1) is 7.31. The summed E-state index contributed by atoms with van der Waals surface area (Å²) in [6.45, 7) is 4.14. The predicted molar refractivity (Wildman–Crippen MR) is 55.5 cm³/mol. The molecule has 15 heavy (non-hydrogen) atoms. The quantitative estimate of drug-likeness (QED) is 0.558. The summed E-state index contributed by atoms with van der Waals surface area (Å²) in [5.74, 6) is -0.275. The van der Waals surface area contributed by atoms with Crippen LogP contribution < -0.4 is 5.32 Å². The molecule has 0 rings (SSSR count). The fourth-order valence-electron chi connectivity index (χ4n) is 0.903. The Bertz CT molecular complexity index is 156. The van der Waals surface area contributed by atoms with E-state index < -0.39 is 6.67 Å². The predicted octanol–water partition coefficient (Wildman–Crippen LogP) is 0.905. The lowest BCUT2D eigenvalue weighted by molar-refractivity contribution is -0.121. The summed E-state index contributed by atoms with van der Waals surface area (Å²) >= 11 is 0. The maximum Gasteiger partial charge on any atom is 0.222 e. The van der Waals surface area contributed by atoms with E-state index in [1.807, 2.05) is 6.92 Å². The number of carbonyl (C=O) groups is 1. The van der Waals surface area contributed by atoms with Crippen molar-refractivity contribution >= 4 is 5.91 Å². The van der Waals surface area contributed by atoms with E-state index >= 15 is 0 Å². The third kappa shape index (κ3) is 11.2. The SMILES string of the molecule is CCCOCCOCCNC(=O)CCF. The van der Waals surface area contributed by atoms with Crippen LogP contribution in [0.4, 0.5) is 4.39 Å². The summed E-state index contributed by atoms with van der Waals surface area (Å²) in [7, 11) is 0. The Morgan fingerprint density at radius 3 is 2.47 bits per heavy atom. The molecule has 0 spiro atoms. The van der Waals surface area contributed by atoms with Crippen molar-refractivity contribution < 1.29 is 18.7 Å². The van der Waals surface area contributed by atoms with Crippen molar-refractivity contribution in [3.63, 3.8) is 0 Å². The van der Waals surface area contributed by atoms with Gasteiger partial charge in [0.15, 0.2) is 0 Å². The van der Waals surface area contributed by atoms with Crippen LogP contribution in [0.2, 0.25) is 0 Å². The lowest BCUT2D eigenvalue weighted by atomic mass is 10.4. The van der Waals surface area contributed by atoms with Crippen LogP contribution in [0.25, 0.3) is 0 Å². The third-order valence-corrected chi connectivity index (χ3v) is 1.61. The molecule has 0 aliphatic carbocycles. The Balaban J connectivity index is 3.01. The van der Waals surface area contributed by atoms with Crippen LogP contribution >= 0.6 is 0 Å². The smallest absolute Gasteiger partial charge is 0.222 e. The van der Waals surface area contributed by atoms with Gasteiger partial charge in [-0.2, -0.15) is 0 Å². The summed E-state index contributed by atoms with van der Waals surface area (Å²) in [5, 5.41) is 2.54. The molecule has 0 fully saturated rings. The maximum absolute atomic E-state index is 11.7. The average Bonchev–Trinajstić information content (AvgIpc) is 2.22. The molecular weight excluding hydrogens is 201 g/mol. The summed E-state index contributed by atoms with van der Waals surface area (Å²) in [6, 6.07) is 0. The van der Waals surface area contributed by atoms with Gasteiger partial charge in [0, 0.05) is 13.2 Å². The van der Waals surface area contributed by atoms with Crippen LogP contribution in [-0.4, -0.2) is 45.6 Å². The Morgan fingerprint density at radius 2 is 1.87 bits per heavy atom. The molecule has 5 heteroatoms. The van der Waals surface area contributed by atoms with Crippen LogP contribution in [0.3, 0.4) is 0 Å². The van der Waals surface area contributed by atoms with Gasteiger partial charge >= 0.3 is 0 Å². The van der Waals surface area contributed by atoms with Crippen molar-refractivity contribution in [3.05, 3.63) is 0 Å². The molecule has 1 amide bonds. The standard InChI is InChI=1S/C10H20FNO3/c1-2-6-14-8-9-15-7-5-12-10(13)3-4-11/h2-9H2,1H3,(H,12,13). The fourth-order valence-corrected chi connectivity index (χ4v) is 0.903. The Hall–Kier alpha value is -0.680. The zero-order valence-corrected chi connectivity index (χ0v) is 9.26. The van der Waals surface area contributed by atoms with Gasteiger partial charge in [0.05, 0.1) is 32.9 Å². The molecule has 0 bridgehead atoms. The second-order valence-corrected chi connectivity index (χ2v) is 3.01. The largest absolute Gasteiger partial charge is 0.379 e. The van der Waals surface area contributed by atoms with Crippen molar-refractivity contribution in [3.8, 4) is 0 Å². The highest BCUT2D eigenvalue weighted by molar-refractivity contribution is 5.75. The highest BCUT2D eigenvalue weighted by Gasteiger charge is 1.98. The highest BCUT2D eigenvalue weighted by atomic mass is 19.1. The molecule has 0 saturated carbocycles. The van der Waals surface area contributed by atoms with Gasteiger partial charge in [-0.3, -0.25) is 9.18 Å². The molecule has 90 valence electrons. The lowest BCUT2D eigenvalue weighted by Gasteiger charge is -2.05. The number of amides is 1. The first-order valence-electron chi connectivity index (χ1n) is 5.29. The van der Waals surface area contributed by atoms with E-state index in [2.05, 4.69) is 5.32 Å². The van der Waals surface area contributed by atoms with E-state index in [-0.39, 0.29) is 12.3 Å². The number of alkyl halides is 1. The number of rotatable bonds is 10. The molecule has 0 heterocycles. The summed E-state index contributed by atoms with van der Waals surface area (Å²) < 4.78 is 22.0. The summed E-state index contributed by atoms with van der Waals surface area (Å²) in [4.78, 5) is 10.8. The molecular formula is C10H20FNO3. The minimum Gasteiger partial charge on any atom is -0.379 e. The Labute approximate surface area is 90.1 Å². The average molecular weight is 221 g/mol. The highest BCUT2D eigenvalue weighted by Crippen LogP contribution is 1.82. The maximum atomic E-state index is 11.7. The number of carbonyl (C=O) groups excluding carboxylic acids is 1. The molecule has 0 radical (unpaired) electrons. The molecule has 1 N–H and O–H groups in total. The first-order valence-corrected chi connectivity index (χ1v) is 5.29. The summed E-state index contributed by atoms with van der Waals surface area (Å²) in [5.41, 5.74) is 0. The minimum absolute atomic E-state index is 0.0698. The van der Waals surface area contributed by atoms with Gasteiger partial charge in [-0.05, 0) is 6.42 Å². The van der Waals surface area contributed by atoms with Crippen LogP contribution in [0.15, 0.2) is 0 Å². The number of hydrogen-bond acceptors (Lipinski definition) is 3. The molecule has 0 aromatic rings. The first kappa shape index (κ1) is 14.3. The second-order valence-electron chi connectivity index (χ2n) is 3.01. The molecule has 0 aromatic carbocycles.